The molecule has 0 aliphatic carbocycles. The van der Waals surface area contributed by atoms with E-state index >= 15 is 0 Å². The molecule has 13 heteroatoms. The fourth-order valence-electron chi connectivity index (χ4n) is 1.60. The van der Waals surface area contributed by atoms with E-state index in [0.29, 0.717) is 13.2 Å². The number of esters is 4. The molecule has 0 fully saturated rings. The van der Waals surface area contributed by atoms with E-state index < -0.39 is 34.8 Å². The molecule has 0 aliphatic heterocycles. The van der Waals surface area contributed by atoms with Gasteiger partial charge in [-0.05, 0) is 39.5 Å². The SMILES string of the molecule is CCOC(=O)/C=C\C(=O)OCC.CCOC(=O)CC(SP(=S)(OC)OC)C(=O)OCC. The van der Waals surface area contributed by atoms with Gasteiger partial charge < -0.3 is 28.0 Å². The summed E-state index contributed by atoms with van der Waals surface area (Å²) in [5, 5.41) is -0.787. The highest BCUT2D eigenvalue weighted by molar-refractivity contribution is 8.68. The van der Waals surface area contributed by atoms with Gasteiger partial charge in [-0.2, -0.15) is 0 Å². The topological polar surface area (TPSA) is 124 Å². The standard InChI is InChI=1S/C10H19O6PS2.C8H12O4/c1-5-15-9(11)7-8(10(12)16-6-2)19-17(18,13-3)14-4;1-3-11-7(9)5-6-8(10)12-4-2/h8H,5-7H2,1-4H3;5-6H,3-4H2,1-2H3/b;6-5-. The smallest absolute Gasteiger partial charge is 0.330 e. The molecule has 0 N–H and O–H groups in total. The van der Waals surface area contributed by atoms with E-state index in [2.05, 4.69) is 9.47 Å². The first-order valence-corrected chi connectivity index (χ1v) is 13.5. The number of hydrogen-bond acceptors (Lipinski definition) is 12. The molecule has 0 heterocycles. The van der Waals surface area contributed by atoms with Crippen molar-refractivity contribution in [1.82, 2.24) is 0 Å². The lowest BCUT2D eigenvalue weighted by atomic mass is 10.3. The lowest BCUT2D eigenvalue weighted by Crippen LogP contribution is -2.24. The third-order valence-corrected chi connectivity index (χ3v) is 8.71. The van der Waals surface area contributed by atoms with Crippen LogP contribution in [0.1, 0.15) is 34.1 Å². The van der Waals surface area contributed by atoms with Crippen molar-refractivity contribution in [2.24, 2.45) is 0 Å². The molecule has 10 nitrogen and oxygen atoms in total. The summed E-state index contributed by atoms with van der Waals surface area (Å²) in [6, 6.07) is 0. The van der Waals surface area contributed by atoms with E-state index in [0.717, 1.165) is 23.5 Å². The third-order valence-electron chi connectivity index (χ3n) is 2.84. The Morgan fingerprint density at radius 2 is 1.23 bits per heavy atom. The maximum Gasteiger partial charge on any atom is 0.330 e. The number of carbonyl (C=O) groups excluding carboxylic acids is 4. The first kappa shape index (κ1) is 31.7. The molecule has 0 aromatic rings. The van der Waals surface area contributed by atoms with E-state index in [1.54, 1.807) is 27.7 Å². The van der Waals surface area contributed by atoms with Gasteiger partial charge in [-0.3, -0.25) is 9.59 Å². The van der Waals surface area contributed by atoms with E-state index in [4.69, 9.17) is 30.3 Å². The van der Waals surface area contributed by atoms with Crippen molar-refractivity contribution in [3.63, 3.8) is 0 Å². The lowest BCUT2D eigenvalue weighted by molar-refractivity contribution is -0.149. The second-order valence-electron chi connectivity index (χ2n) is 5.01. The first-order chi connectivity index (χ1) is 14.6. The van der Waals surface area contributed by atoms with Crippen LogP contribution >= 0.6 is 17.1 Å². The fraction of sp³-hybridized carbons (Fsp3) is 0.667. The number of ether oxygens (including phenoxy) is 4. The molecule has 0 spiro atoms. The molecule has 0 aromatic carbocycles. The molecule has 0 bridgehead atoms. The summed E-state index contributed by atoms with van der Waals surface area (Å²) < 4.78 is 29.0. The van der Waals surface area contributed by atoms with Gasteiger partial charge in [0.15, 0.2) is 0 Å². The number of carbonyl (C=O) groups is 4. The molecule has 0 saturated carbocycles. The van der Waals surface area contributed by atoms with E-state index in [1.807, 2.05) is 0 Å². The summed E-state index contributed by atoms with van der Waals surface area (Å²) in [6.45, 7) is 7.83. The highest BCUT2D eigenvalue weighted by atomic mass is 32.9. The Balaban J connectivity index is 0. The van der Waals surface area contributed by atoms with Crippen molar-refractivity contribution in [1.29, 1.82) is 0 Å². The Morgan fingerprint density at radius 3 is 1.58 bits per heavy atom. The molecule has 0 rings (SSSR count). The second kappa shape index (κ2) is 19.2. The van der Waals surface area contributed by atoms with E-state index in [-0.39, 0.29) is 19.6 Å². The normalized spacial score (nSPS) is 11.7. The largest absolute Gasteiger partial charge is 0.466 e. The van der Waals surface area contributed by atoms with Gasteiger partial charge in [0.2, 0.25) is 5.69 Å². The zero-order chi connectivity index (χ0) is 24.3. The molecule has 31 heavy (non-hydrogen) atoms. The van der Waals surface area contributed by atoms with Crippen LogP contribution in [0.5, 0.6) is 0 Å². The number of hydrogen-bond donors (Lipinski definition) is 0. The summed E-state index contributed by atoms with van der Waals surface area (Å²) in [7, 11) is 2.81. The van der Waals surface area contributed by atoms with Crippen LogP contribution in [0.4, 0.5) is 0 Å². The van der Waals surface area contributed by atoms with Gasteiger partial charge in [0.05, 0.1) is 32.8 Å². The van der Waals surface area contributed by atoms with Crippen LogP contribution in [0.2, 0.25) is 0 Å². The zero-order valence-corrected chi connectivity index (χ0v) is 21.1. The van der Waals surface area contributed by atoms with Gasteiger partial charge in [-0.1, -0.05) is 11.4 Å². The van der Waals surface area contributed by atoms with Gasteiger partial charge in [0, 0.05) is 26.4 Å². The lowest BCUT2D eigenvalue weighted by Gasteiger charge is -2.21. The highest BCUT2D eigenvalue weighted by Crippen LogP contribution is 2.62. The van der Waals surface area contributed by atoms with Gasteiger partial charge in [0.25, 0.3) is 0 Å². The zero-order valence-electron chi connectivity index (χ0n) is 18.6. The van der Waals surface area contributed by atoms with Crippen molar-refractivity contribution >= 4 is 52.8 Å². The van der Waals surface area contributed by atoms with Crippen LogP contribution in [0.15, 0.2) is 12.2 Å². The molecular formula is C18H31O10PS2. The Morgan fingerprint density at radius 1 is 0.806 bits per heavy atom. The first-order valence-electron chi connectivity index (χ1n) is 9.36. The Hall–Kier alpha value is -1.46. The van der Waals surface area contributed by atoms with Gasteiger partial charge in [-0.15, -0.1) is 0 Å². The Bertz CT molecular complexity index is 611. The van der Waals surface area contributed by atoms with Crippen molar-refractivity contribution in [2.75, 3.05) is 40.6 Å². The molecule has 0 aromatic heterocycles. The Labute approximate surface area is 192 Å². The Kier molecular flexibility index (Phi) is 19.7. The minimum absolute atomic E-state index is 0.123. The average molecular weight is 503 g/mol. The molecule has 1 unspecified atom stereocenters. The predicted molar refractivity (Wildman–Crippen MR) is 120 cm³/mol. The predicted octanol–water partition coefficient (Wildman–Crippen LogP) is 2.79. The molecular weight excluding hydrogens is 471 g/mol. The van der Waals surface area contributed by atoms with Gasteiger partial charge in [0.1, 0.15) is 5.25 Å². The molecule has 1 atom stereocenters. The van der Waals surface area contributed by atoms with E-state index in [9.17, 15) is 19.2 Å². The van der Waals surface area contributed by atoms with Crippen LogP contribution in [0.3, 0.4) is 0 Å². The van der Waals surface area contributed by atoms with Crippen LogP contribution in [0, 0.1) is 0 Å². The fourth-order valence-corrected chi connectivity index (χ4v) is 5.47. The molecule has 0 aliphatic rings. The molecule has 0 saturated heterocycles. The van der Waals surface area contributed by atoms with E-state index in [1.165, 1.54) is 14.2 Å². The van der Waals surface area contributed by atoms with Crippen LogP contribution < -0.4 is 0 Å². The summed E-state index contributed by atoms with van der Waals surface area (Å²) in [5.41, 5.74) is -2.65. The molecule has 0 amide bonds. The van der Waals surface area contributed by atoms with Crippen LogP contribution in [-0.2, 0) is 59.0 Å². The molecule has 180 valence electrons. The third kappa shape index (κ3) is 16.9. The summed E-state index contributed by atoms with van der Waals surface area (Å²) in [4.78, 5) is 44.6. The minimum atomic E-state index is -2.65. The average Bonchev–Trinajstić information content (AvgIpc) is 2.73. The summed E-state index contributed by atoms with van der Waals surface area (Å²) >= 11 is 6.17. The second-order valence-corrected chi connectivity index (χ2v) is 11.6. The van der Waals surface area contributed by atoms with Gasteiger partial charge >= 0.3 is 23.9 Å². The number of rotatable bonds is 13. The van der Waals surface area contributed by atoms with Gasteiger partial charge in [-0.25, -0.2) is 9.59 Å². The van der Waals surface area contributed by atoms with Crippen molar-refractivity contribution in [2.45, 2.75) is 39.4 Å². The van der Waals surface area contributed by atoms with Crippen molar-refractivity contribution in [3.8, 4) is 0 Å². The minimum Gasteiger partial charge on any atom is -0.466 e. The van der Waals surface area contributed by atoms with Crippen molar-refractivity contribution in [3.05, 3.63) is 12.2 Å². The summed E-state index contributed by atoms with van der Waals surface area (Å²) in [5.74, 6) is -2.08. The highest BCUT2D eigenvalue weighted by Gasteiger charge is 2.32. The van der Waals surface area contributed by atoms with Crippen LogP contribution in [-0.4, -0.2) is 69.8 Å². The monoisotopic (exact) mass is 502 g/mol. The molecule has 0 radical (unpaired) electrons. The van der Waals surface area contributed by atoms with Crippen LogP contribution in [0.25, 0.3) is 0 Å². The van der Waals surface area contributed by atoms with Crippen molar-refractivity contribution < 1.29 is 47.2 Å². The summed E-state index contributed by atoms with van der Waals surface area (Å²) in [6.07, 6.45) is 1.96. The maximum atomic E-state index is 11.8. The quantitative estimate of drug-likeness (QED) is 0.159. The maximum absolute atomic E-state index is 11.8.